The maximum absolute atomic E-state index is 11.9. The molecule has 1 aromatic carbocycles. The lowest BCUT2D eigenvalue weighted by Gasteiger charge is -2.09. The van der Waals surface area contributed by atoms with Crippen molar-refractivity contribution in [1.29, 1.82) is 0 Å². The number of hydrogen-bond donors (Lipinski definition) is 3. The lowest BCUT2D eigenvalue weighted by atomic mass is 10.1. The zero-order valence-corrected chi connectivity index (χ0v) is 12.4. The van der Waals surface area contributed by atoms with Crippen LogP contribution in [0, 0.1) is 0 Å². The Balaban J connectivity index is 2.17. The van der Waals surface area contributed by atoms with Crippen LogP contribution in [-0.4, -0.2) is 32.3 Å². The average molecular weight is 326 g/mol. The number of aromatic nitrogens is 2. The minimum Gasteiger partial charge on any atom is -0.367 e. The van der Waals surface area contributed by atoms with E-state index in [2.05, 4.69) is 4.98 Å². The van der Waals surface area contributed by atoms with E-state index in [1.54, 1.807) is 24.3 Å². The van der Waals surface area contributed by atoms with E-state index in [0.717, 1.165) is 0 Å². The second-order valence-corrected chi connectivity index (χ2v) is 6.15. The molecule has 0 aliphatic carbocycles. The highest BCUT2D eigenvalue weighted by Crippen LogP contribution is 2.33. The number of nitrogens with one attached hydrogen (secondary N) is 1. The van der Waals surface area contributed by atoms with E-state index in [9.17, 15) is 14.2 Å². The molecule has 0 fully saturated rings. The van der Waals surface area contributed by atoms with Crippen LogP contribution in [0.3, 0.4) is 0 Å². The zero-order valence-electron chi connectivity index (χ0n) is 11.5. The van der Waals surface area contributed by atoms with Gasteiger partial charge in [0.2, 0.25) is 0 Å². The molecule has 0 bridgehead atoms. The van der Waals surface area contributed by atoms with Gasteiger partial charge in [0.25, 0.3) is 5.56 Å². The molecule has 0 aliphatic heterocycles. The first-order chi connectivity index (χ1) is 10.4. The van der Waals surface area contributed by atoms with Crippen molar-refractivity contribution in [2.24, 2.45) is 0 Å². The quantitative estimate of drug-likeness (QED) is 0.520. The summed E-state index contributed by atoms with van der Waals surface area (Å²) in [5, 5.41) is 0. The van der Waals surface area contributed by atoms with Gasteiger partial charge in [-0.25, -0.2) is 4.79 Å². The number of rotatable bonds is 6. The highest BCUT2D eigenvalue weighted by Gasteiger charge is 2.12. The highest BCUT2D eigenvalue weighted by atomic mass is 31.2. The molecule has 0 spiro atoms. The molecule has 0 amide bonds. The van der Waals surface area contributed by atoms with Crippen LogP contribution in [-0.2, 0) is 15.8 Å². The van der Waals surface area contributed by atoms with E-state index < -0.39 is 25.2 Å². The zero-order chi connectivity index (χ0) is 16.2. The third kappa shape index (κ3) is 4.51. The molecule has 0 radical (unpaired) electrons. The summed E-state index contributed by atoms with van der Waals surface area (Å²) < 4.78 is 16.7. The fourth-order valence-corrected chi connectivity index (χ4v) is 2.21. The van der Waals surface area contributed by atoms with Gasteiger partial charge in [-0.1, -0.05) is 30.3 Å². The summed E-state index contributed by atoms with van der Waals surface area (Å²) >= 11 is 0. The number of aromatic amines is 1. The molecule has 9 heteroatoms. The van der Waals surface area contributed by atoms with Gasteiger partial charge in [0.1, 0.15) is 6.35 Å². The molecule has 0 saturated carbocycles. The summed E-state index contributed by atoms with van der Waals surface area (Å²) in [4.78, 5) is 43.1. The van der Waals surface area contributed by atoms with Gasteiger partial charge in [-0.3, -0.25) is 18.9 Å². The van der Waals surface area contributed by atoms with Gasteiger partial charge < -0.3 is 14.5 Å². The standard InChI is InChI=1S/C13H15N2O6P/c16-12-11(10-4-2-1-3-5-10)8-15(13(17)14-12)6-7-21-9-22(18,19)20/h1-5,8H,6-7,9H2,(H,14,16,17)(H2,18,19,20). The fourth-order valence-electron chi connectivity index (χ4n) is 1.85. The number of hydrogen-bond acceptors (Lipinski definition) is 4. The first kappa shape index (κ1) is 16.4. The van der Waals surface area contributed by atoms with Crippen LogP contribution in [0.4, 0.5) is 0 Å². The van der Waals surface area contributed by atoms with Crippen molar-refractivity contribution in [2.45, 2.75) is 6.54 Å². The lowest BCUT2D eigenvalue weighted by Crippen LogP contribution is -2.31. The third-order valence-electron chi connectivity index (χ3n) is 2.83. The smallest absolute Gasteiger partial charge is 0.350 e. The van der Waals surface area contributed by atoms with Crippen molar-refractivity contribution in [3.05, 3.63) is 57.4 Å². The van der Waals surface area contributed by atoms with E-state index in [-0.39, 0.29) is 13.2 Å². The SMILES string of the molecule is O=c1[nH]c(=O)n(CCOCP(=O)(O)O)cc1-c1ccccc1. The van der Waals surface area contributed by atoms with Crippen LogP contribution < -0.4 is 11.2 Å². The average Bonchev–Trinajstić information content (AvgIpc) is 2.45. The molecule has 1 aromatic heterocycles. The predicted molar refractivity (Wildman–Crippen MR) is 79.6 cm³/mol. The normalized spacial score (nSPS) is 11.5. The summed E-state index contributed by atoms with van der Waals surface area (Å²) in [5.74, 6) is 0. The molecule has 118 valence electrons. The van der Waals surface area contributed by atoms with Crippen LogP contribution >= 0.6 is 7.60 Å². The van der Waals surface area contributed by atoms with Gasteiger partial charge in [-0.15, -0.1) is 0 Å². The topological polar surface area (TPSA) is 122 Å². The van der Waals surface area contributed by atoms with Gasteiger partial charge >= 0.3 is 13.3 Å². The second kappa shape index (κ2) is 6.85. The van der Waals surface area contributed by atoms with Crippen molar-refractivity contribution in [3.63, 3.8) is 0 Å². The Kier molecular flexibility index (Phi) is 5.10. The van der Waals surface area contributed by atoms with Crippen molar-refractivity contribution in [3.8, 4) is 11.1 Å². The van der Waals surface area contributed by atoms with Crippen molar-refractivity contribution >= 4 is 7.60 Å². The predicted octanol–water partition coefficient (Wildman–Crippen LogP) is 0.355. The Morgan fingerprint density at radius 2 is 1.86 bits per heavy atom. The van der Waals surface area contributed by atoms with Crippen molar-refractivity contribution < 1.29 is 19.1 Å². The summed E-state index contributed by atoms with van der Waals surface area (Å²) in [6, 6.07) is 8.83. The van der Waals surface area contributed by atoms with Gasteiger partial charge in [-0.2, -0.15) is 0 Å². The summed E-state index contributed by atoms with van der Waals surface area (Å²) in [6.45, 7) is 0.000731. The monoisotopic (exact) mass is 326 g/mol. The molecule has 0 aliphatic rings. The summed E-state index contributed by atoms with van der Waals surface area (Å²) in [7, 11) is -4.23. The highest BCUT2D eigenvalue weighted by molar-refractivity contribution is 7.51. The second-order valence-electron chi connectivity index (χ2n) is 4.56. The molecule has 8 nitrogen and oxygen atoms in total. The van der Waals surface area contributed by atoms with Crippen LogP contribution in [0.15, 0.2) is 46.1 Å². The Bertz CT molecular complexity index is 792. The fraction of sp³-hybridized carbons (Fsp3) is 0.231. The lowest BCUT2D eigenvalue weighted by molar-refractivity contribution is 0.147. The van der Waals surface area contributed by atoms with Crippen molar-refractivity contribution in [2.75, 3.05) is 13.0 Å². The van der Waals surface area contributed by atoms with E-state index in [1.165, 1.54) is 10.8 Å². The molecular weight excluding hydrogens is 311 g/mol. The molecule has 1 heterocycles. The van der Waals surface area contributed by atoms with E-state index in [0.29, 0.717) is 11.1 Å². The molecule has 2 rings (SSSR count). The molecule has 22 heavy (non-hydrogen) atoms. The maximum Gasteiger partial charge on any atom is 0.350 e. The van der Waals surface area contributed by atoms with Crippen LogP contribution in [0.2, 0.25) is 0 Å². The van der Waals surface area contributed by atoms with Gasteiger partial charge in [0.15, 0.2) is 0 Å². The number of ether oxygens (including phenoxy) is 1. The largest absolute Gasteiger partial charge is 0.367 e. The van der Waals surface area contributed by atoms with Crippen LogP contribution in [0.5, 0.6) is 0 Å². The molecule has 2 aromatic rings. The van der Waals surface area contributed by atoms with Crippen molar-refractivity contribution in [1.82, 2.24) is 9.55 Å². The minimum atomic E-state index is -4.23. The van der Waals surface area contributed by atoms with Gasteiger partial charge in [-0.05, 0) is 5.56 Å². The van der Waals surface area contributed by atoms with E-state index in [1.807, 2.05) is 6.07 Å². The van der Waals surface area contributed by atoms with Crippen LogP contribution in [0.25, 0.3) is 11.1 Å². The Morgan fingerprint density at radius 1 is 1.18 bits per heavy atom. The summed E-state index contributed by atoms with van der Waals surface area (Å²) in [6.07, 6.45) is 0.688. The minimum absolute atomic E-state index is 0.0642. The summed E-state index contributed by atoms with van der Waals surface area (Å²) in [5.41, 5.74) is -0.114. The molecule has 0 unspecified atom stereocenters. The van der Waals surface area contributed by atoms with Gasteiger partial charge in [0, 0.05) is 6.20 Å². The van der Waals surface area contributed by atoms with E-state index >= 15 is 0 Å². The Labute approximate surface area is 125 Å². The number of H-pyrrole nitrogens is 1. The molecule has 3 N–H and O–H groups in total. The number of nitrogens with zero attached hydrogens (tertiary/aromatic N) is 1. The third-order valence-corrected chi connectivity index (χ3v) is 3.35. The maximum atomic E-state index is 11.9. The first-order valence-electron chi connectivity index (χ1n) is 6.38. The Morgan fingerprint density at radius 3 is 2.50 bits per heavy atom. The molecule has 0 atom stereocenters. The Hall–Kier alpha value is -1.99. The first-order valence-corrected chi connectivity index (χ1v) is 8.18. The number of benzene rings is 1. The molecular formula is C13H15N2O6P. The van der Waals surface area contributed by atoms with E-state index in [4.69, 9.17) is 14.5 Å². The van der Waals surface area contributed by atoms with Gasteiger partial charge in [0.05, 0.1) is 18.7 Å². The molecule has 0 saturated heterocycles. The van der Waals surface area contributed by atoms with Crippen LogP contribution in [0.1, 0.15) is 0 Å².